The zero-order valence-electron chi connectivity index (χ0n) is 22.0. The lowest BCUT2D eigenvalue weighted by molar-refractivity contribution is 0.592. The predicted octanol–water partition coefficient (Wildman–Crippen LogP) is 9.68. The van der Waals surface area contributed by atoms with E-state index in [1.54, 1.807) is 0 Å². The lowest BCUT2D eigenvalue weighted by atomic mass is 9.63. The molecule has 0 fully saturated rings. The summed E-state index contributed by atoms with van der Waals surface area (Å²) in [6.45, 7) is 19.9. The van der Waals surface area contributed by atoms with Gasteiger partial charge >= 0.3 is 0 Å². The Balaban J connectivity index is 0.000000460. The van der Waals surface area contributed by atoms with Crippen molar-refractivity contribution in [3.63, 3.8) is 0 Å². The molecule has 1 aromatic carbocycles. The van der Waals surface area contributed by atoms with Crippen LogP contribution in [0, 0.1) is 11.8 Å². The van der Waals surface area contributed by atoms with Gasteiger partial charge in [-0.15, -0.1) is 0 Å². The largest absolute Gasteiger partial charge is 0.256 e. The number of allylic oxidation sites excluding steroid dienone is 6. The molecule has 0 bridgehead atoms. The molecular formula is C31H45N. The summed E-state index contributed by atoms with van der Waals surface area (Å²) in [5.41, 5.74) is 7.11. The molecule has 1 aromatic heterocycles. The average Bonchev–Trinajstić information content (AvgIpc) is 2.80. The zero-order valence-corrected chi connectivity index (χ0v) is 22.0. The van der Waals surface area contributed by atoms with Gasteiger partial charge in [0.2, 0.25) is 0 Å². The lowest BCUT2D eigenvalue weighted by Gasteiger charge is -2.41. The van der Waals surface area contributed by atoms with Gasteiger partial charge in [-0.25, -0.2) is 0 Å². The van der Waals surface area contributed by atoms with Crippen LogP contribution in [0.15, 0.2) is 59.8 Å². The minimum absolute atomic E-state index is 0.0264. The SMILES string of the molecule is CC.CCC(C)C.CCC=CCC1CC=C(C)C2=C1c1nccc3cccc(c13)C2(C)C. The number of pyridine rings is 1. The predicted molar refractivity (Wildman–Crippen MR) is 144 cm³/mol. The maximum absolute atomic E-state index is 4.89. The second-order valence-corrected chi connectivity index (χ2v) is 9.71. The summed E-state index contributed by atoms with van der Waals surface area (Å²) < 4.78 is 0. The second kappa shape index (κ2) is 11.6. The Kier molecular flexibility index (Phi) is 9.49. The summed E-state index contributed by atoms with van der Waals surface area (Å²) in [6.07, 6.45) is 13.7. The van der Waals surface area contributed by atoms with Crippen LogP contribution in [0.4, 0.5) is 0 Å². The topological polar surface area (TPSA) is 12.9 Å². The van der Waals surface area contributed by atoms with Crippen molar-refractivity contribution in [3.8, 4) is 0 Å². The van der Waals surface area contributed by atoms with Crippen LogP contribution in [-0.2, 0) is 5.41 Å². The highest BCUT2D eigenvalue weighted by molar-refractivity contribution is 6.00. The van der Waals surface area contributed by atoms with Gasteiger partial charge in [0.15, 0.2) is 0 Å². The average molecular weight is 432 g/mol. The fraction of sp³-hybridized carbons (Fsp3) is 0.516. The number of hydrogen-bond acceptors (Lipinski definition) is 1. The fourth-order valence-corrected chi connectivity index (χ4v) is 4.83. The summed E-state index contributed by atoms with van der Waals surface area (Å²) in [6, 6.07) is 8.87. The van der Waals surface area contributed by atoms with E-state index in [1.165, 1.54) is 45.2 Å². The Morgan fingerprint density at radius 3 is 2.41 bits per heavy atom. The molecular weight excluding hydrogens is 386 g/mol. The molecule has 0 saturated heterocycles. The first-order chi connectivity index (χ1) is 15.3. The zero-order chi connectivity index (χ0) is 23.9. The summed E-state index contributed by atoms with van der Waals surface area (Å²) >= 11 is 0. The Morgan fingerprint density at radius 2 is 1.78 bits per heavy atom. The van der Waals surface area contributed by atoms with E-state index < -0.39 is 0 Å². The summed E-state index contributed by atoms with van der Waals surface area (Å²) in [5, 5.41) is 2.69. The van der Waals surface area contributed by atoms with Gasteiger partial charge in [0.1, 0.15) is 0 Å². The Hall–Kier alpha value is -2.15. The van der Waals surface area contributed by atoms with E-state index in [2.05, 4.69) is 91.0 Å². The van der Waals surface area contributed by atoms with Gasteiger partial charge in [0, 0.05) is 17.0 Å². The van der Waals surface area contributed by atoms with Crippen molar-refractivity contribution in [1.82, 2.24) is 4.98 Å². The molecule has 0 spiro atoms. The molecule has 1 unspecified atom stereocenters. The minimum Gasteiger partial charge on any atom is -0.256 e. The number of rotatable bonds is 4. The van der Waals surface area contributed by atoms with Gasteiger partial charge in [0.25, 0.3) is 0 Å². The van der Waals surface area contributed by atoms with Crippen LogP contribution >= 0.6 is 0 Å². The molecule has 1 heterocycles. The third-order valence-electron chi connectivity index (χ3n) is 6.76. The molecule has 0 saturated carbocycles. The second-order valence-electron chi connectivity index (χ2n) is 9.71. The third kappa shape index (κ3) is 5.25. The summed E-state index contributed by atoms with van der Waals surface area (Å²) in [4.78, 5) is 4.89. The molecule has 2 aliphatic rings. The van der Waals surface area contributed by atoms with Gasteiger partial charge in [-0.05, 0) is 66.2 Å². The quantitative estimate of drug-likeness (QED) is 0.439. The highest BCUT2D eigenvalue weighted by Crippen LogP contribution is 2.53. The number of hydrogen-bond donors (Lipinski definition) is 0. The van der Waals surface area contributed by atoms with Gasteiger partial charge < -0.3 is 0 Å². The number of fused-ring (bicyclic) bond motifs is 1. The normalized spacial score (nSPS) is 18.6. The van der Waals surface area contributed by atoms with E-state index in [-0.39, 0.29) is 5.41 Å². The molecule has 0 aliphatic heterocycles. The molecule has 174 valence electrons. The van der Waals surface area contributed by atoms with Crippen molar-refractivity contribution in [2.24, 2.45) is 11.8 Å². The van der Waals surface area contributed by atoms with Crippen molar-refractivity contribution in [2.75, 3.05) is 0 Å². The lowest BCUT2D eigenvalue weighted by Crippen LogP contribution is -2.30. The van der Waals surface area contributed by atoms with Crippen LogP contribution in [0.5, 0.6) is 0 Å². The first-order valence-electron chi connectivity index (χ1n) is 12.8. The van der Waals surface area contributed by atoms with E-state index in [1.807, 2.05) is 20.0 Å². The Labute approximate surface area is 197 Å². The number of aromatic nitrogens is 1. The molecule has 32 heavy (non-hydrogen) atoms. The monoisotopic (exact) mass is 431 g/mol. The molecule has 1 heteroatoms. The molecule has 1 nitrogen and oxygen atoms in total. The van der Waals surface area contributed by atoms with Crippen LogP contribution in [-0.4, -0.2) is 4.98 Å². The highest BCUT2D eigenvalue weighted by atomic mass is 14.7. The molecule has 2 aromatic rings. The van der Waals surface area contributed by atoms with E-state index in [0.717, 1.165) is 25.2 Å². The summed E-state index contributed by atoms with van der Waals surface area (Å²) in [7, 11) is 0. The standard InChI is InChI=1S/C24H27N.C5H12.C2H6/c1-5-6-7-9-17-13-12-16(2)22-21(17)23-20-18(14-15-25-23)10-8-11-19(20)24(22,3)4;1-4-5(2)3;1-2/h6-8,10-12,14-15,17H,5,9,13H2,1-4H3;5H,4H2,1-3H3;1-2H3. The Bertz CT molecular complexity index is 979. The number of benzene rings is 1. The first kappa shape index (κ1) is 26.1. The van der Waals surface area contributed by atoms with Crippen LogP contribution in [0.1, 0.15) is 99.3 Å². The molecule has 2 aliphatic carbocycles. The smallest absolute Gasteiger partial charge is 0.0749 e. The van der Waals surface area contributed by atoms with Crippen LogP contribution in [0.3, 0.4) is 0 Å². The van der Waals surface area contributed by atoms with E-state index in [9.17, 15) is 0 Å². The fourth-order valence-electron chi connectivity index (χ4n) is 4.83. The van der Waals surface area contributed by atoms with Crippen LogP contribution in [0.2, 0.25) is 0 Å². The van der Waals surface area contributed by atoms with Crippen molar-refractivity contribution < 1.29 is 0 Å². The first-order valence-corrected chi connectivity index (χ1v) is 12.8. The van der Waals surface area contributed by atoms with Crippen molar-refractivity contribution in [1.29, 1.82) is 0 Å². The third-order valence-corrected chi connectivity index (χ3v) is 6.76. The van der Waals surface area contributed by atoms with Crippen LogP contribution in [0.25, 0.3) is 16.3 Å². The van der Waals surface area contributed by atoms with Gasteiger partial charge in [-0.3, -0.25) is 4.98 Å². The maximum atomic E-state index is 4.89. The van der Waals surface area contributed by atoms with E-state index in [4.69, 9.17) is 4.98 Å². The van der Waals surface area contributed by atoms with Gasteiger partial charge in [0.05, 0.1) is 5.69 Å². The van der Waals surface area contributed by atoms with E-state index >= 15 is 0 Å². The van der Waals surface area contributed by atoms with Crippen molar-refractivity contribution >= 4 is 16.3 Å². The molecule has 0 radical (unpaired) electrons. The van der Waals surface area contributed by atoms with Crippen LogP contribution < -0.4 is 0 Å². The molecule has 0 N–H and O–H groups in total. The maximum Gasteiger partial charge on any atom is 0.0749 e. The minimum atomic E-state index is 0.0264. The van der Waals surface area contributed by atoms with Crippen molar-refractivity contribution in [2.45, 2.75) is 93.4 Å². The highest BCUT2D eigenvalue weighted by Gasteiger charge is 2.40. The Morgan fingerprint density at radius 1 is 1.09 bits per heavy atom. The molecule has 1 atom stereocenters. The van der Waals surface area contributed by atoms with Gasteiger partial charge in [-0.1, -0.05) is 104 Å². The number of nitrogens with zero attached hydrogens (tertiary/aromatic N) is 1. The molecule has 4 rings (SSSR count). The van der Waals surface area contributed by atoms with E-state index in [0.29, 0.717) is 5.92 Å². The van der Waals surface area contributed by atoms with Gasteiger partial charge in [-0.2, -0.15) is 0 Å². The molecule has 0 amide bonds. The van der Waals surface area contributed by atoms with Crippen molar-refractivity contribution in [3.05, 3.63) is 71.1 Å². The summed E-state index contributed by atoms with van der Waals surface area (Å²) in [5.74, 6) is 1.42.